The van der Waals surface area contributed by atoms with Gasteiger partial charge in [-0.05, 0) is 49.1 Å². The maximum absolute atomic E-state index is 5.93. The lowest BCUT2D eigenvalue weighted by molar-refractivity contribution is 0.698. The monoisotopic (exact) mass is 623 g/mol. The van der Waals surface area contributed by atoms with Crippen molar-refractivity contribution in [3.05, 3.63) is 78.4 Å². The molecule has 3 aromatic carbocycles. The third-order valence-corrected chi connectivity index (χ3v) is 6.38. The molecule has 0 fully saturated rings. The summed E-state index contributed by atoms with van der Waals surface area (Å²) >= 11 is 11.9. The lowest BCUT2D eigenvalue weighted by atomic mass is 10.1. The average Bonchev–Trinajstić information content (AvgIpc) is 2.86. The number of hydrogen-bond donors (Lipinski definition) is 1. The Bertz CT molecular complexity index is 1110. The summed E-state index contributed by atoms with van der Waals surface area (Å²) in [6, 6.07) is 25.6. The van der Waals surface area contributed by atoms with Crippen LogP contribution >= 0.6 is 72.8 Å². The lowest BCUT2D eigenvalue weighted by Crippen LogP contribution is -2.27. The van der Waals surface area contributed by atoms with Crippen molar-refractivity contribution in [2.75, 3.05) is 41.6 Å². The molecular weight excluding hydrogens is 591 g/mol. The highest BCUT2D eigenvalue weighted by Gasteiger charge is 2.08. The molecule has 9 heteroatoms. The van der Waals surface area contributed by atoms with E-state index in [2.05, 4.69) is 70.9 Å². The summed E-state index contributed by atoms with van der Waals surface area (Å²) in [6.07, 6.45) is 4.63. The molecule has 0 aliphatic rings. The fraction of sp³-hybridized carbons (Fsp3) is 0.321. The van der Waals surface area contributed by atoms with Crippen LogP contribution in [0.2, 0.25) is 0 Å². The van der Waals surface area contributed by atoms with E-state index in [9.17, 15) is 0 Å². The molecule has 0 saturated heterocycles. The van der Waals surface area contributed by atoms with Crippen LogP contribution in [0.25, 0.3) is 21.8 Å². The Labute approximate surface area is 255 Å². The highest BCUT2D eigenvalue weighted by molar-refractivity contribution is 6.18. The molecule has 0 aliphatic carbocycles. The van der Waals surface area contributed by atoms with Gasteiger partial charge in [0.05, 0.1) is 16.7 Å². The number of rotatable bonds is 12. The number of alkyl halides is 2. The van der Waals surface area contributed by atoms with Gasteiger partial charge in [0.2, 0.25) is 0 Å². The first-order valence-electron chi connectivity index (χ1n) is 11.8. The molecule has 204 valence electrons. The normalized spacial score (nSPS) is 10.0. The molecule has 0 radical (unpaired) electrons. The number of fused-ring (bicyclic) bond motifs is 2. The Kier molecular flexibility index (Phi) is 18.2. The average molecular weight is 626 g/mol. The van der Waals surface area contributed by atoms with Crippen molar-refractivity contribution < 1.29 is 0 Å². The standard InChI is InChI=1S/C28H31Cl2N3.4ClH/c29-17-20-33(21-18-30)23-15-13-22(14-16-23)8-2-1-7-19-31-28-24-9-3-5-11-26(24)32-27-12-6-4-10-25(27)28;;;;/h3-6,9-16H,1-2,7-8,17-21H2,(H,31,32);4*1H. The molecule has 0 atom stereocenters. The maximum Gasteiger partial charge on any atom is 0.0730 e. The summed E-state index contributed by atoms with van der Waals surface area (Å²) < 4.78 is 0. The van der Waals surface area contributed by atoms with E-state index in [-0.39, 0.29) is 49.6 Å². The third-order valence-electron chi connectivity index (χ3n) is 6.04. The van der Waals surface area contributed by atoms with Gasteiger partial charge in [-0.25, -0.2) is 4.98 Å². The summed E-state index contributed by atoms with van der Waals surface area (Å²) in [6.45, 7) is 2.61. The summed E-state index contributed by atoms with van der Waals surface area (Å²) in [5.74, 6) is 1.22. The van der Waals surface area contributed by atoms with E-state index >= 15 is 0 Å². The van der Waals surface area contributed by atoms with Gasteiger partial charge in [-0.3, -0.25) is 0 Å². The number of benzene rings is 3. The Morgan fingerprint density at radius 3 is 1.73 bits per heavy atom. The second-order valence-corrected chi connectivity index (χ2v) is 9.05. The first kappa shape index (κ1) is 35.7. The van der Waals surface area contributed by atoms with Crippen LogP contribution in [0.1, 0.15) is 24.8 Å². The lowest BCUT2D eigenvalue weighted by Gasteiger charge is -2.23. The number of anilines is 2. The van der Waals surface area contributed by atoms with Crippen molar-refractivity contribution in [3.63, 3.8) is 0 Å². The smallest absolute Gasteiger partial charge is 0.0730 e. The maximum atomic E-state index is 5.93. The van der Waals surface area contributed by atoms with E-state index in [0.717, 1.165) is 43.5 Å². The minimum atomic E-state index is 0. The minimum absolute atomic E-state index is 0. The number of para-hydroxylation sites is 2. The number of halogens is 6. The highest BCUT2D eigenvalue weighted by atomic mass is 35.5. The van der Waals surface area contributed by atoms with Crippen molar-refractivity contribution in [1.82, 2.24) is 4.98 Å². The van der Waals surface area contributed by atoms with Gasteiger partial charge in [0.15, 0.2) is 0 Å². The molecule has 37 heavy (non-hydrogen) atoms. The molecule has 4 aromatic rings. The van der Waals surface area contributed by atoms with E-state index in [1.54, 1.807) is 0 Å². The number of unbranched alkanes of at least 4 members (excludes halogenated alkanes) is 2. The Hall–Kier alpha value is -1.33. The fourth-order valence-corrected chi connectivity index (χ4v) is 4.73. The molecule has 0 saturated carbocycles. The number of pyridine rings is 1. The van der Waals surface area contributed by atoms with Crippen LogP contribution in [-0.2, 0) is 6.42 Å². The topological polar surface area (TPSA) is 28.2 Å². The van der Waals surface area contributed by atoms with Crippen LogP contribution in [0.4, 0.5) is 11.4 Å². The summed E-state index contributed by atoms with van der Waals surface area (Å²) in [4.78, 5) is 7.05. The van der Waals surface area contributed by atoms with Crippen LogP contribution in [0.3, 0.4) is 0 Å². The molecule has 0 spiro atoms. The van der Waals surface area contributed by atoms with Gasteiger partial charge in [-0.1, -0.05) is 55.0 Å². The summed E-state index contributed by atoms with van der Waals surface area (Å²) in [5, 5.41) is 6.08. The Balaban J connectivity index is 0.00000324. The van der Waals surface area contributed by atoms with Crippen molar-refractivity contribution in [2.45, 2.75) is 25.7 Å². The van der Waals surface area contributed by atoms with Gasteiger partial charge < -0.3 is 10.2 Å². The molecule has 4 rings (SSSR count). The molecule has 3 nitrogen and oxygen atoms in total. The van der Waals surface area contributed by atoms with E-state index in [1.807, 2.05) is 12.1 Å². The van der Waals surface area contributed by atoms with Gasteiger partial charge in [-0.2, -0.15) is 0 Å². The summed E-state index contributed by atoms with van der Waals surface area (Å²) in [5.41, 5.74) is 5.86. The first-order valence-corrected chi connectivity index (χ1v) is 12.8. The quantitative estimate of drug-likeness (QED) is 0.0966. The Morgan fingerprint density at radius 2 is 1.19 bits per heavy atom. The number of nitrogens with zero attached hydrogens (tertiary/aromatic N) is 2. The second kappa shape index (κ2) is 18.8. The zero-order valence-electron chi connectivity index (χ0n) is 20.6. The molecule has 1 aromatic heterocycles. The van der Waals surface area contributed by atoms with Crippen molar-refractivity contribution in [2.24, 2.45) is 0 Å². The highest BCUT2D eigenvalue weighted by Crippen LogP contribution is 2.30. The van der Waals surface area contributed by atoms with Crippen LogP contribution in [0.5, 0.6) is 0 Å². The van der Waals surface area contributed by atoms with Gasteiger partial charge in [0.25, 0.3) is 0 Å². The molecular formula is C28H35Cl6N3. The van der Waals surface area contributed by atoms with E-state index in [1.165, 1.54) is 40.6 Å². The number of nitrogens with one attached hydrogen (secondary N) is 1. The van der Waals surface area contributed by atoms with Crippen molar-refractivity contribution in [3.8, 4) is 0 Å². The summed E-state index contributed by atoms with van der Waals surface area (Å²) in [7, 11) is 0. The molecule has 0 bridgehead atoms. The van der Waals surface area contributed by atoms with Crippen LogP contribution in [0.15, 0.2) is 72.8 Å². The zero-order valence-corrected chi connectivity index (χ0v) is 25.4. The Morgan fingerprint density at radius 1 is 0.649 bits per heavy atom. The van der Waals surface area contributed by atoms with Crippen molar-refractivity contribution >= 4 is 106 Å². The minimum Gasteiger partial charge on any atom is -0.384 e. The van der Waals surface area contributed by atoms with Gasteiger partial charge in [0, 0.05) is 47.9 Å². The van der Waals surface area contributed by atoms with E-state index in [4.69, 9.17) is 28.2 Å². The van der Waals surface area contributed by atoms with Crippen LogP contribution in [-0.4, -0.2) is 36.4 Å². The predicted molar refractivity (Wildman–Crippen MR) is 174 cm³/mol. The van der Waals surface area contributed by atoms with Crippen LogP contribution in [0, 0.1) is 0 Å². The number of aromatic nitrogens is 1. The largest absolute Gasteiger partial charge is 0.384 e. The van der Waals surface area contributed by atoms with Gasteiger partial charge >= 0.3 is 0 Å². The molecule has 1 N–H and O–H groups in total. The third kappa shape index (κ3) is 9.73. The molecule has 1 heterocycles. The van der Waals surface area contributed by atoms with Crippen molar-refractivity contribution in [1.29, 1.82) is 0 Å². The second-order valence-electron chi connectivity index (χ2n) is 8.29. The molecule has 0 amide bonds. The predicted octanol–water partition coefficient (Wildman–Crippen LogP) is 9.18. The number of hydrogen-bond acceptors (Lipinski definition) is 3. The van der Waals surface area contributed by atoms with Gasteiger partial charge in [-0.15, -0.1) is 72.8 Å². The zero-order chi connectivity index (χ0) is 22.9. The molecule has 0 aliphatic heterocycles. The number of aryl methyl sites for hydroxylation is 1. The SMILES string of the molecule is Cl.Cl.Cl.Cl.ClCCN(CCCl)c1ccc(CCCCCNc2c3ccccc3nc3ccccc23)cc1. The molecule has 0 unspecified atom stereocenters. The van der Waals surface area contributed by atoms with Gasteiger partial charge in [0.1, 0.15) is 0 Å². The fourth-order valence-electron chi connectivity index (χ4n) is 4.32. The first-order chi connectivity index (χ1) is 16.3. The van der Waals surface area contributed by atoms with E-state index < -0.39 is 0 Å². The van der Waals surface area contributed by atoms with Crippen LogP contribution < -0.4 is 10.2 Å². The van der Waals surface area contributed by atoms with E-state index in [0.29, 0.717) is 11.8 Å².